The van der Waals surface area contributed by atoms with E-state index in [4.69, 9.17) is 0 Å². The van der Waals surface area contributed by atoms with Crippen molar-refractivity contribution < 1.29 is 8.42 Å². The molecule has 1 unspecified atom stereocenters. The molecule has 5 nitrogen and oxygen atoms in total. The summed E-state index contributed by atoms with van der Waals surface area (Å²) in [7, 11) is 0.929. The summed E-state index contributed by atoms with van der Waals surface area (Å²) in [6.07, 6.45) is 3.48. The predicted molar refractivity (Wildman–Crippen MR) is 73.3 cm³/mol. The van der Waals surface area contributed by atoms with Crippen LogP contribution in [0.1, 0.15) is 37.1 Å². The molecule has 18 heavy (non-hydrogen) atoms. The highest BCUT2D eigenvalue weighted by atomic mass is 32.2. The number of nitrogens with one attached hydrogen (secondary N) is 1. The lowest BCUT2D eigenvalue weighted by Gasteiger charge is -2.15. The molecule has 1 aromatic rings. The van der Waals surface area contributed by atoms with E-state index in [2.05, 4.69) is 10.4 Å². The molecule has 0 aliphatic rings. The number of nitrogens with zero attached hydrogens (tertiary/aromatic N) is 2. The van der Waals surface area contributed by atoms with Crippen molar-refractivity contribution in [2.75, 3.05) is 18.6 Å². The first kappa shape index (κ1) is 15.2. The molecule has 1 aromatic heterocycles. The van der Waals surface area contributed by atoms with Crippen molar-refractivity contribution in [3.63, 3.8) is 0 Å². The molecule has 0 aliphatic carbocycles. The van der Waals surface area contributed by atoms with Gasteiger partial charge < -0.3 is 5.32 Å². The summed E-state index contributed by atoms with van der Waals surface area (Å²) in [5.74, 6) is 0.490. The summed E-state index contributed by atoms with van der Waals surface area (Å²) in [5.41, 5.74) is 2.14. The van der Waals surface area contributed by atoms with Crippen molar-refractivity contribution in [2.45, 2.75) is 32.7 Å². The molecule has 0 radical (unpaired) electrons. The first-order valence-corrected chi connectivity index (χ1v) is 8.09. The zero-order chi connectivity index (χ0) is 13.8. The Morgan fingerprint density at radius 2 is 2.17 bits per heavy atom. The molecule has 1 N–H and O–H groups in total. The minimum atomic E-state index is -2.86. The molecule has 0 aromatic carbocycles. The smallest absolute Gasteiger partial charge is 0.150 e. The van der Waals surface area contributed by atoms with Crippen LogP contribution in [0.4, 0.5) is 0 Å². The summed E-state index contributed by atoms with van der Waals surface area (Å²) in [5, 5.41) is 7.54. The van der Waals surface area contributed by atoms with Crippen LogP contribution in [0, 0.1) is 6.92 Å². The summed E-state index contributed by atoms with van der Waals surface area (Å²) < 4.78 is 24.7. The van der Waals surface area contributed by atoms with Crippen LogP contribution in [0.5, 0.6) is 0 Å². The molecule has 6 heteroatoms. The van der Waals surface area contributed by atoms with Gasteiger partial charge in [0.2, 0.25) is 0 Å². The molecular weight excluding hydrogens is 250 g/mol. The lowest BCUT2D eigenvalue weighted by atomic mass is 10.0. The zero-order valence-corrected chi connectivity index (χ0v) is 12.4. The Morgan fingerprint density at radius 3 is 2.61 bits per heavy atom. The monoisotopic (exact) mass is 273 g/mol. The van der Waals surface area contributed by atoms with Crippen LogP contribution in [-0.4, -0.2) is 36.8 Å². The van der Waals surface area contributed by atoms with Gasteiger partial charge in [-0.15, -0.1) is 0 Å². The maximum Gasteiger partial charge on any atom is 0.150 e. The number of sulfone groups is 1. The Hall–Kier alpha value is -0.880. The SMILES string of the molecule is CCS(=O)(=O)CCCC(NC)c1cn(C)nc1C. The van der Waals surface area contributed by atoms with E-state index in [-0.39, 0.29) is 17.5 Å². The predicted octanol–water partition coefficient (Wildman–Crippen LogP) is 1.20. The number of hydrogen-bond acceptors (Lipinski definition) is 4. The summed E-state index contributed by atoms with van der Waals surface area (Å²) in [4.78, 5) is 0. The van der Waals surface area contributed by atoms with E-state index in [9.17, 15) is 8.42 Å². The second kappa shape index (κ2) is 6.33. The molecule has 0 saturated carbocycles. The zero-order valence-electron chi connectivity index (χ0n) is 11.6. The number of aryl methyl sites for hydroxylation is 2. The van der Waals surface area contributed by atoms with Gasteiger partial charge >= 0.3 is 0 Å². The highest BCUT2D eigenvalue weighted by molar-refractivity contribution is 7.91. The van der Waals surface area contributed by atoms with Crippen LogP contribution in [-0.2, 0) is 16.9 Å². The molecule has 0 amide bonds. The fraction of sp³-hybridized carbons (Fsp3) is 0.750. The van der Waals surface area contributed by atoms with E-state index in [1.807, 2.05) is 27.2 Å². The Bertz CT molecular complexity index is 480. The fourth-order valence-corrected chi connectivity index (χ4v) is 2.96. The van der Waals surface area contributed by atoms with E-state index in [1.165, 1.54) is 0 Å². The van der Waals surface area contributed by atoms with Crippen molar-refractivity contribution in [3.8, 4) is 0 Å². The van der Waals surface area contributed by atoms with Crippen molar-refractivity contribution in [2.24, 2.45) is 7.05 Å². The minimum absolute atomic E-state index is 0.172. The standard InChI is InChI=1S/C12H23N3O2S/c1-5-18(16,17)8-6-7-12(13-3)11-9-15(4)14-10(11)2/h9,12-13H,5-8H2,1-4H3. The van der Waals surface area contributed by atoms with E-state index < -0.39 is 9.84 Å². The van der Waals surface area contributed by atoms with E-state index in [1.54, 1.807) is 11.6 Å². The molecule has 104 valence electrons. The van der Waals surface area contributed by atoms with Gasteiger partial charge in [-0.05, 0) is 26.8 Å². The van der Waals surface area contributed by atoms with Crippen LogP contribution in [0.2, 0.25) is 0 Å². The third-order valence-electron chi connectivity index (χ3n) is 3.16. The van der Waals surface area contributed by atoms with Gasteiger partial charge in [0.25, 0.3) is 0 Å². The van der Waals surface area contributed by atoms with Gasteiger partial charge in [-0.2, -0.15) is 5.10 Å². The molecule has 1 rings (SSSR count). The minimum Gasteiger partial charge on any atom is -0.313 e. The molecule has 0 saturated heterocycles. The normalized spacial score (nSPS) is 13.8. The number of rotatable bonds is 7. The van der Waals surface area contributed by atoms with E-state index in [0.29, 0.717) is 6.42 Å². The summed E-state index contributed by atoms with van der Waals surface area (Å²) >= 11 is 0. The maximum atomic E-state index is 11.4. The molecule has 1 atom stereocenters. The van der Waals surface area contributed by atoms with Crippen LogP contribution < -0.4 is 5.32 Å². The average molecular weight is 273 g/mol. The number of hydrogen-bond donors (Lipinski definition) is 1. The maximum absolute atomic E-state index is 11.4. The quantitative estimate of drug-likeness (QED) is 0.811. The van der Waals surface area contributed by atoms with Gasteiger partial charge in [0.15, 0.2) is 0 Å². The van der Waals surface area contributed by atoms with Gasteiger partial charge in [0, 0.05) is 30.6 Å². The van der Waals surface area contributed by atoms with Gasteiger partial charge in [0.1, 0.15) is 9.84 Å². The first-order chi connectivity index (χ1) is 8.39. The van der Waals surface area contributed by atoms with Crippen LogP contribution in [0.3, 0.4) is 0 Å². The Kier molecular flexibility index (Phi) is 5.34. The lowest BCUT2D eigenvalue weighted by molar-refractivity contribution is 0.533. The van der Waals surface area contributed by atoms with Gasteiger partial charge in [0.05, 0.1) is 11.4 Å². The van der Waals surface area contributed by atoms with E-state index >= 15 is 0 Å². The Labute approximate surface area is 109 Å². The van der Waals surface area contributed by atoms with Gasteiger partial charge in [-0.25, -0.2) is 8.42 Å². The van der Waals surface area contributed by atoms with Crippen LogP contribution in [0.25, 0.3) is 0 Å². The molecule has 0 spiro atoms. The second-order valence-corrected chi connectivity index (χ2v) is 7.04. The molecule has 0 fully saturated rings. The topological polar surface area (TPSA) is 64.0 Å². The molecule has 0 aliphatic heterocycles. The second-order valence-electron chi connectivity index (χ2n) is 4.56. The Balaban J connectivity index is 2.61. The number of aromatic nitrogens is 2. The third kappa shape index (κ3) is 4.10. The highest BCUT2D eigenvalue weighted by Crippen LogP contribution is 2.21. The van der Waals surface area contributed by atoms with Crippen LogP contribution in [0.15, 0.2) is 6.20 Å². The highest BCUT2D eigenvalue weighted by Gasteiger charge is 2.16. The largest absolute Gasteiger partial charge is 0.313 e. The van der Waals surface area contributed by atoms with Crippen molar-refractivity contribution in [1.29, 1.82) is 0 Å². The van der Waals surface area contributed by atoms with E-state index in [0.717, 1.165) is 17.7 Å². The lowest BCUT2D eigenvalue weighted by Crippen LogP contribution is -2.18. The summed E-state index contributed by atoms with van der Waals surface area (Å²) in [6.45, 7) is 3.67. The first-order valence-electron chi connectivity index (χ1n) is 6.27. The van der Waals surface area contributed by atoms with Gasteiger partial charge in [-0.3, -0.25) is 4.68 Å². The van der Waals surface area contributed by atoms with Crippen LogP contribution >= 0.6 is 0 Å². The van der Waals surface area contributed by atoms with Crippen molar-refractivity contribution >= 4 is 9.84 Å². The molecule has 0 bridgehead atoms. The van der Waals surface area contributed by atoms with Gasteiger partial charge in [-0.1, -0.05) is 6.92 Å². The summed E-state index contributed by atoms with van der Waals surface area (Å²) in [6, 6.07) is 0.172. The fourth-order valence-electron chi connectivity index (χ4n) is 2.07. The molecule has 1 heterocycles. The third-order valence-corrected chi connectivity index (χ3v) is 4.95. The average Bonchev–Trinajstić information content (AvgIpc) is 2.64. The van der Waals surface area contributed by atoms with Crippen molar-refractivity contribution in [1.82, 2.24) is 15.1 Å². The molecular formula is C12H23N3O2S. The van der Waals surface area contributed by atoms with Crippen molar-refractivity contribution in [3.05, 3.63) is 17.5 Å². The Morgan fingerprint density at radius 1 is 1.50 bits per heavy atom.